The summed E-state index contributed by atoms with van der Waals surface area (Å²) in [4.78, 5) is 14.9. The molecule has 0 radical (unpaired) electrons. The van der Waals surface area contributed by atoms with Crippen molar-refractivity contribution in [2.75, 3.05) is 59.3 Å². The molecule has 8 nitrogen and oxygen atoms in total. The van der Waals surface area contributed by atoms with Crippen LogP contribution in [0.15, 0.2) is 48.5 Å². The second kappa shape index (κ2) is 14.1. The van der Waals surface area contributed by atoms with E-state index in [-0.39, 0.29) is 25.7 Å². The number of amides is 1. The van der Waals surface area contributed by atoms with Crippen LogP contribution in [0.1, 0.15) is 39.0 Å². The van der Waals surface area contributed by atoms with Gasteiger partial charge in [0.1, 0.15) is 38.6 Å². The molecule has 0 N–H and O–H groups in total. The highest BCUT2D eigenvalue weighted by molar-refractivity contribution is 5.77. The lowest BCUT2D eigenvalue weighted by Gasteiger charge is -2.35. The number of piperidine rings is 1. The third kappa shape index (κ3) is 8.01. The standard InChI is InChI=1S/C29H39NO7/c1-2-14-29(37-21-28(31)30-15-8-3-9-16-30)22-35-26-12-6-4-10-24(26)33-19-17-32-18-20-34-25-11-5-7-13-27(25)36-23-29/h4-7,10-13H,2-3,8-9,14-23H2,1H3. The minimum atomic E-state index is -0.847. The monoisotopic (exact) mass is 513 g/mol. The number of nitrogens with zero attached hydrogens (tertiary/aromatic N) is 1. The van der Waals surface area contributed by atoms with Crippen LogP contribution in [0.25, 0.3) is 0 Å². The molecule has 0 spiro atoms. The zero-order valence-corrected chi connectivity index (χ0v) is 21.8. The molecular weight excluding hydrogens is 474 g/mol. The summed E-state index contributed by atoms with van der Waals surface area (Å²) in [5.41, 5.74) is -0.847. The summed E-state index contributed by atoms with van der Waals surface area (Å²) in [6.45, 7) is 5.69. The van der Waals surface area contributed by atoms with Crippen LogP contribution >= 0.6 is 0 Å². The van der Waals surface area contributed by atoms with E-state index in [1.165, 1.54) is 6.42 Å². The SMILES string of the molecule is CCCC1(OCC(=O)N2CCCCC2)COc2ccccc2OCCOCCOc2ccccc2OC1. The first-order chi connectivity index (χ1) is 18.2. The minimum Gasteiger partial charge on any atom is -0.487 e. The van der Waals surface area contributed by atoms with Gasteiger partial charge in [-0.05, 0) is 49.9 Å². The van der Waals surface area contributed by atoms with Crippen molar-refractivity contribution < 1.29 is 33.2 Å². The molecule has 1 saturated heterocycles. The van der Waals surface area contributed by atoms with Crippen molar-refractivity contribution in [3.05, 3.63) is 48.5 Å². The van der Waals surface area contributed by atoms with Crippen LogP contribution in [-0.4, -0.2) is 75.7 Å². The number of rotatable bonds is 5. The highest BCUT2D eigenvalue weighted by Gasteiger charge is 2.35. The van der Waals surface area contributed by atoms with Gasteiger partial charge in [0.2, 0.25) is 5.91 Å². The number of carbonyl (C=O) groups excluding carboxylic acids is 1. The van der Waals surface area contributed by atoms with Crippen molar-refractivity contribution in [1.29, 1.82) is 0 Å². The molecule has 0 atom stereocenters. The van der Waals surface area contributed by atoms with Crippen molar-refractivity contribution in [2.45, 2.75) is 44.6 Å². The second-order valence-electron chi connectivity index (χ2n) is 9.44. The predicted molar refractivity (Wildman–Crippen MR) is 140 cm³/mol. The average Bonchev–Trinajstić information content (AvgIpc) is 2.94. The van der Waals surface area contributed by atoms with Crippen molar-refractivity contribution >= 4 is 5.91 Å². The zero-order chi connectivity index (χ0) is 25.8. The van der Waals surface area contributed by atoms with E-state index in [4.69, 9.17) is 28.4 Å². The molecule has 0 bridgehead atoms. The summed E-state index contributed by atoms with van der Waals surface area (Å²) in [6, 6.07) is 15.1. The first kappa shape index (κ1) is 27.1. The summed E-state index contributed by atoms with van der Waals surface area (Å²) < 4.78 is 36.5. The lowest BCUT2D eigenvalue weighted by atomic mass is 9.99. The van der Waals surface area contributed by atoms with Gasteiger partial charge in [0.15, 0.2) is 23.0 Å². The van der Waals surface area contributed by atoms with Crippen LogP contribution in [-0.2, 0) is 14.3 Å². The Morgan fingerprint density at radius 3 is 1.81 bits per heavy atom. The molecular formula is C29H39NO7. The Balaban J connectivity index is 1.56. The molecule has 2 heterocycles. The van der Waals surface area contributed by atoms with Gasteiger partial charge in [0.05, 0.1) is 13.2 Å². The Morgan fingerprint density at radius 1 is 0.784 bits per heavy atom. The van der Waals surface area contributed by atoms with E-state index in [0.717, 1.165) is 32.4 Å². The van der Waals surface area contributed by atoms with Crippen molar-refractivity contribution in [1.82, 2.24) is 4.90 Å². The van der Waals surface area contributed by atoms with Crippen molar-refractivity contribution in [3.8, 4) is 23.0 Å². The van der Waals surface area contributed by atoms with Crippen LogP contribution < -0.4 is 18.9 Å². The lowest BCUT2D eigenvalue weighted by molar-refractivity contribution is -0.151. The third-order valence-corrected chi connectivity index (χ3v) is 6.57. The van der Waals surface area contributed by atoms with E-state index < -0.39 is 5.60 Å². The molecule has 0 saturated carbocycles. The fourth-order valence-electron chi connectivity index (χ4n) is 4.57. The first-order valence-corrected chi connectivity index (χ1v) is 13.4. The molecule has 0 aliphatic carbocycles. The van der Waals surface area contributed by atoms with E-state index in [1.54, 1.807) is 0 Å². The highest BCUT2D eigenvalue weighted by Crippen LogP contribution is 2.32. The van der Waals surface area contributed by atoms with Crippen LogP contribution in [0.4, 0.5) is 0 Å². The number of hydrogen-bond donors (Lipinski definition) is 0. The fraction of sp³-hybridized carbons (Fsp3) is 0.552. The van der Waals surface area contributed by atoms with E-state index in [9.17, 15) is 4.79 Å². The van der Waals surface area contributed by atoms with Gasteiger partial charge in [0, 0.05) is 13.1 Å². The molecule has 2 aromatic rings. The smallest absolute Gasteiger partial charge is 0.248 e. The van der Waals surface area contributed by atoms with E-state index in [0.29, 0.717) is 55.8 Å². The average molecular weight is 514 g/mol. The van der Waals surface area contributed by atoms with E-state index in [2.05, 4.69) is 6.92 Å². The number of carbonyl (C=O) groups is 1. The fourth-order valence-corrected chi connectivity index (χ4v) is 4.57. The lowest BCUT2D eigenvalue weighted by Crippen LogP contribution is -2.48. The molecule has 2 aromatic carbocycles. The van der Waals surface area contributed by atoms with Crippen LogP contribution in [0.3, 0.4) is 0 Å². The largest absolute Gasteiger partial charge is 0.487 e. The Morgan fingerprint density at radius 2 is 1.30 bits per heavy atom. The number of para-hydroxylation sites is 4. The second-order valence-corrected chi connectivity index (χ2v) is 9.44. The molecule has 202 valence electrons. The number of benzene rings is 2. The number of fused-ring (bicyclic) bond motifs is 2. The number of hydrogen-bond acceptors (Lipinski definition) is 7. The van der Waals surface area contributed by atoms with Gasteiger partial charge in [-0.25, -0.2) is 0 Å². The Bertz CT molecular complexity index is 921. The van der Waals surface area contributed by atoms with E-state index >= 15 is 0 Å². The Kier molecular flexibility index (Phi) is 10.3. The Hall–Kier alpha value is -2.97. The molecule has 1 fully saturated rings. The maximum atomic E-state index is 13.0. The van der Waals surface area contributed by atoms with Gasteiger partial charge >= 0.3 is 0 Å². The minimum absolute atomic E-state index is 0.00906. The zero-order valence-electron chi connectivity index (χ0n) is 21.8. The molecule has 8 heteroatoms. The van der Waals surface area contributed by atoms with Gasteiger partial charge in [-0.15, -0.1) is 0 Å². The van der Waals surface area contributed by atoms with Gasteiger partial charge in [-0.1, -0.05) is 37.6 Å². The molecule has 37 heavy (non-hydrogen) atoms. The molecule has 0 aromatic heterocycles. The third-order valence-electron chi connectivity index (χ3n) is 6.57. The summed E-state index contributed by atoms with van der Waals surface area (Å²) in [7, 11) is 0. The van der Waals surface area contributed by atoms with E-state index in [1.807, 2.05) is 53.4 Å². The molecule has 1 amide bonds. The van der Waals surface area contributed by atoms with Crippen molar-refractivity contribution in [3.63, 3.8) is 0 Å². The van der Waals surface area contributed by atoms with Gasteiger partial charge in [-0.2, -0.15) is 0 Å². The Labute approximate surface area is 219 Å². The molecule has 2 aliphatic rings. The summed E-state index contributed by atoms with van der Waals surface area (Å²) in [5.74, 6) is 2.51. The summed E-state index contributed by atoms with van der Waals surface area (Å²) in [6.07, 6.45) is 4.73. The van der Waals surface area contributed by atoms with Gasteiger partial charge in [0.25, 0.3) is 0 Å². The molecule has 2 aliphatic heterocycles. The number of likely N-dealkylation sites (tertiary alicyclic amines) is 1. The van der Waals surface area contributed by atoms with Gasteiger partial charge < -0.3 is 33.3 Å². The molecule has 4 rings (SSSR count). The van der Waals surface area contributed by atoms with Crippen LogP contribution in [0, 0.1) is 0 Å². The van der Waals surface area contributed by atoms with Crippen molar-refractivity contribution in [2.24, 2.45) is 0 Å². The number of ether oxygens (including phenoxy) is 6. The quantitative estimate of drug-likeness (QED) is 0.583. The van der Waals surface area contributed by atoms with Crippen LogP contribution in [0.2, 0.25) is 0 Å². The van der Waals surface area contributed by atoms with Gasteiger partial charge in [-0.3, -0.25) is 4.79 Å². The summed E-state index contributed by atoms with van der Waals surface area (Å²) in [5, 5.41) is 0. The highest BCUT2D eigenvalue weighted by atomic mass is 16.6. The summed E-state index contributed by atoms with van der Waals surface area (Å²) >= 11 is 0. The predicted octanol–water partition coefficient (Wildman–Crippen LogP) is 4.50. The molecule has 0 unspecified atom stereocenters. The maximum absolute atomic E-state index is 13.0. The van der Waals surface area contributed by atoms with Crippen LogP contribution in [0.5, 0.6) is 23.0 Å². The normalized spacial score (nSPS) is 18.7. The first-order valence-electron chi connectivity index (χ1n) is 13.4. The maximum Gasteiger partial charge on any atom is 0.248 e. The topological polar surface area (TPSA) is 75.7 Å².